The van der Waals surface area contributed by atoms with Crippen molar-refractivity contribution in [1.29, 1.82) is 0 Å². The normalized spacial score (nSPS) is 13.3. The smallest absolute Gasteiger partial charge is 0.119 e. The highest BCUT2D eigenvalue weighted by Crippen LogP contribution is 2.27. The Bertz CT molecular complexity index is 354. The van der Waals surface area contributed by atoms with E-state index in [1.54, 1.807) is 7.11 Å². The van der Waals surface area contributed by atoms with Gasteiger partial charge >= 0.3 is 0 Å². The molecule has 0 aliphatic carbocycles. The van der Waals surface area contributed by atoms with Crippen LogP contribution in [-0.4, -0.2) is 26.1 Å². The molecular weight excluding hydrogens is 256 g/mol. The van der Waals surface area contributed by atoms with E-state index in [-0.39, 0.29) is 5.41 Å². The van der Waals surface area contributed by atoms with Gasteiger partial charge in [0.25, 0.3) is 0 Å². The highest BCUT2D eigenvalue weighted by molar-refractivity contribution is 7.80. The maximum Gasteiger partial charge on any atom is 0.119 e. The fourth-order valence-electron chi connectivity index (χ4n) is 1.75. The number of ether oxygens (including phenoxy) is 2. The van der Waals surface area contributed by atoms with E-state index in [0.717, 1.165) is 24.5 Å². The molecule has 0 aromatic heterocycles. The van der Waals surface area contributed by atoms with E-state index in [9.17, 15) is 0 Å². The van der Waals surface area contributed by atoms with Gasteiger partial charge in [-0.15, -0.1) is 0 Å². The number of hydrogen-bond acceptors (Lipinski definition) is 3. The largest absolute Gasteiger partial charge is 0.493 e. The molecule has 0 saturated carbocycles. The summed E-state index contributed by atoms with van der Waals surface area (Å²) in [6.07, 6.45) is 0.942. The third kappa shape index (κ3) is 5.87. The van der Waals surface area contributed by atoms with Crippen molar-refractivity contribution in [2.75, 3.05) is 26.1 Å². The molecule has 0 spiro atoms. The highest BCUT2D eigenvalue weighted by Gasteiger charge is 2.23. The Kier molecular flexibility index (Phi) is 6.73. The molecule has 1 aromatic carbocycles. The summed E-state index contributed by atoms with van der Waals surface area (Å²) in [5, 5.41) is 0. The highest BCUT2D eigenvalue weighted by atomic mass is 32.1. The van der Waals surface area contributed by atoms with Crippen LogP contribution in [0.1, 0.15) is 26.3 Å². The summed E-state index contributed by atoms with van der Waals surface area (Å²) in [5.41, 5.74) is 1.50. The lowest BCUT2D eigenvalue weighted by Crippen LogP contribution is -2.28. The SMILES string of the molecule is COCCc1ccc(OCC(CS)C(C)(C)C)cc1. The third-order valence-corrected chi connectivity index (χ3v) is 3.86. The van der Waals surface area contributed by atoms with E-state index in [2.05, 4.69) is 45.5 Å². The van der Waals surface area contributed by atoms with Crippen molar-refractivity contribution in [2.24, 2.45) is 11.3 Å². The van der Waals surface area contributed by atoms with Gasteiger partial charge in [0.1, 0.15) is 5.75 Å². The maximum atomic E-state index is 5.86. The summed E-state index contributed by atoms with van der Waals surface area (Å²) in [4.78, 5) is 0. The molecule has 0 N–H and O–H groups in total. The summed E-state index contributed by atoms with van der Waals surface area (Å²) in [7, 11) is 1.72. The second-order valence-electron chi connectivity index (χ2n) is 5.94. The molecule has 0 radical (unpaired) electrons. The predicted octanol–water partition coefficient (Wildman–Crippen LogP) is 3.85. The van der Waals surface area contributed by atoms with Crippen molar-refractivity contribution in [2.45, 2.75) is 27.2 Å². The van der Waals surface area contributed by atoms with E-state index >= 15 is 0 Å². The Balaban J connectivity index is 2.49. The molecule has 0 fully saturated rings. The number of rotatable bonds is 7. The monoisotopic (exact) mass is 282 g/mol. The summed E-state index contributed by atoms with van der Waals surface area (Å²) in [6.45, 7) is 8.15. The number of thiol groups is 1. The lowest BCUT2D eigenvalue weighted by Gasteiger charge is -2.29. The molecule has 0 bridgehead atoms. The van der Waals surface area contributed by atoms with Gasteiger partial charge in [-0.05, 0) is 35.3 Å². The summed E-state index contributed by atoms with van der Waals surface area (Å²) in [6, 6.07) is 8.26. The van der Waals surface area contributed by atoms with Crippen molar-refractivity contribution in [1.82, 2.24) is 0 Å². The number of hydrogen-bond donors (Lipinski definition) is 1. The molecule has 2 nitrogen and oxygen atoms in total. The summed E-state index contributed by atoms with van der Waals surface area (Å²) in [5.74, 6) is 2.22. The van der Waals surface area contributed by atoms with Gasteiger partial charge in [-0.2, -0.15) is 12.6 Å². The molecule has 0 aliphatic heterocycles. The standard InChI is InChI=1S/C16H26O2S/c1-16(2,3)14(12-19)11-18-15-7-5-13(6-8-15)9-10-17-4/h5-8,14,19H,9-12H2,1-4H3. The first-order chi connectivity index (χ1) is 8.97. The molecule has 0 amide bonds. The van der Waals surface area contributed by atoms with E-state index in [1.807, 2.05) is 12.1 Å². The molecule has 108 valence electrons. The molecule has 1 aromatic rings. The van der Waals surface area contributed by atoms with E-state index in [0.29, 0.717) is 12.5 Å². The molecule has 0 aliphatic rings. The predicted molar refractivity (Wildman–Crippen MR) is 84.3 cm³/mol. The third-order valence-electron chi connectivity index (χ3n) is 3.41. The molecule has 1 unspecified atom stereocenters. The first-order valence-electron chi connectivity index (χ1n) is 6.79. The van der Waals surface area contributed by atoms with Crippen LogP contribution in [0, 0.1) is 11.3 Å². The van der Waals surface area contributed by atoms with E-state index in [4.69, 9.17) is 9.47 Å². The van der Waals surface area contributed by atoms with Crippen molar-refractivity contribution >= 4 is 12.6 Å². The molecule has 19 heavy (non-hydrogen) atoms. The van der Waals surface area contributed by atoms with Crippen LogP contribution in [0.25, 0.3) is 0 Å². The minimum atomic E-state index is 0.222. The van der Waals surface area contributed by atoms with Crippen molar-refractivity contribution in [3.8, 4) is 5.75 Å². The minimum absolute atomic E-state index is 0.222. The van der Waals surface area contributed by atoms with Crippen molar-refractivity contribution in [3.63, 3.8) is 0 Å². The quantitative estimate of drug-likeness (QED) is 0.766. The molecular formula is C16H26O2S. The van der Waals surface area contributed by atoms with Crippen LogP contribution in [0.15, 0.2) is 24.3 Å². The molecule has 3 heteroatoms. The zero-order valence-corrected chi connectivity index (χ0v) is 13.4. The van der Waals surface area contributed by atoms with Gasteiger partial charge in [-0.25, -0.2) is 0 Å². The van der Waals surface area contributed by atoms with Gasteiger partial charge in [0.05, 0.1) is 13.2 Å². The zero-order valence-electron chi connectivity index (χ0n) is 12.5. The van der Waals surface area contributed by atoms with Crippen LogP contribution < -0.4 is 4.74 Å². The summed E-state index contributed by atoms with van der Waals surface area (Å²) < 4.78 is 10.9. The van der Waals surface area contributed by atoms with Crippen LogP contribution >= 0.6 is 12.6 Å². The Morgan fingerprint density at radius 2 is 1.79 bits per heavy atom. The van der Waals surface area contributed by atoms with Gasteiger partial charge in [-0.3, -0.25) is 0 Å². The van der Waals surface area contributed by atoms with Crippen molar-refractivity contribution in [3.05, 3.63) is 29.8 Å². The van der Waals surface area contributed by atoms with Gasteiger partial charge in [-0.1, -0.05) is 32.9 Å². The second kappa shape index (κ2) is 7.81. The lowest BCUT2D eigenvalue weighted by atomic mass is 9.82. The van der Waals surface area contributed by atoms with E-state index in [1.165, 1.54) is 5.56 Å². The Morgan fingerprint density at radius 3 is 2.26 bits per heavy atom. The van der Waals surface area contributed by atoms with Crippen molar-refractivity contribution < 1.29 is 9.47 Å². The fraction of sp³-hybridized carbons (Fsp3) is 0.625. The van der Waals surface area contributed by atoms with Gasteiger partial charge in [0.2, 0.25) is 0 Å². The molecule has 1 rings (SSSR count). The van der Waals surface area contributed by atoms with Crippen LogP contribution in [0.2, 0.25) is 0 Å². The van der Waals surface area contributed by atoms with Crippen LogP contribution in [0.5, 0.6) is 5.75 Å². The first-order valence-corrected chi connectivity index (χ1v) is 7.42. The second-order valence-corrected chi connectivity index (χ2v) is 6.31. The maximum absolute atomic E-state index is 5.86. The Morgan fingerprint density at radius 1 is 1.16 bits per heavy atom. The van der Waals surface area contributed by atoms with Crippen LogP contribution in [0.4, 0.5) is 0 Å². The average Bonchev–Trinajstić information content (AvgIpc) is 2.37. The van der Waals surface area contributed by atoms with Gasteiger partial charge < -0.3 is 9.47 Å². The van der Waals surface area contributed by atoms with Gasteiger partial charge in [0.15, 0.2) is 0 Å². The topological polar surface area (TPSA) is 18.5 Å². The molecule has 0 heterocycles. The molecule has 1 atom stereocenters. The Labute approximate surface area is 122 Å². The number of benzene rings is 1. The van der Waals surface area contributed by atoms with E-state index < -0.39 is 0 Å². The first kappa shape index (κ1) is 16.4. The number of methoxy groups -OCH3 is 1. The fourth-order valence-corrected chi connectivity index (χ4v) is 2.40. The zero-order chi connectivity index (χ0) is 14.3. The van der Waals surface area contributed by atoms with Crippen LogP contribution in [-0.2, 0) is 11.2 Å². The lowest BCUT2D eigenvalue weighted by molar-refractivity contribution is 0.165. The average molecular weight is 282 g/mol. The van der Waals surface area contributed by atoms with Gasteiger partial charge in [0, 0.05) is 13.0 Å². The van der Waals surface area contributed by atoms with Crippen LogP contribution in [0.3, 0.4) is 0 Å². The molecule has 0 saturated heterocycles. The minimum Gasteiger partial charge on any atom is -0.493 e. The summed E-state index contributed by atoms with van der Waals surface area (Å²) >= 11 is 4.42. The Hall–Kier alpha value is -0.670.